The van der Waals surface area contributed by atoms with Gasteiger partial charge >= 0.3 is 0 Å². The average molecular weight is 367 g/mol. The van der Waals surface area contributed by atoms with E-state index in [1.807, 2.05) is 0 Å². The van der Waals surface area contributed by atoms with Crippen LogP contribution in [0, 0.1) is 12.8 Å². The topological polar surface area (TPSA) is 52.1 Å². The zero-order valence-corrected chi connectivity index (χ0v) is 17.3. The van der Waals surface area contributed by atoms with Gasteiger partial charge in [0.05, 0.1) is 17.6 Å². The normalized spacial score (nSPS) is 15.3. The Hall–Kier alpha value is -2.23. The molecule has 1 aliphatic carbocycles. The lowest BCUT2D eigenvalue weighted by Gasteiger charge is -2.22. The van der Waals surface area contributed by atoms with Crippen molar-refractivity contribution in [2.75, 3.05) is 6.61 Å². The van der Waals surface area contributed by atoms with Gasteiger partial charge in [-0.1, -0.05) is 33.8 Å². The Morgan fingerprint density at radius 2 is 1.78 bits per heavy atom. The summed E-state index contributed by atoms with van der Waals surface area (Å²) >= 11 is 0. The summed E-state index contributed by atoms with van der Waals surface area (Å²) in [5, 5.41) is 0. The van der Waals surface area contributed by atoms with Crippen molar-refractivity contribution >= 4 is 5.78 Å². The second-order valence-corrected chi connectivity index (χ2v) is 8.50. The van der Waals surface area contributed by atoms with Gasteiger partial charge in [-0.05, 0) is 61.3 Å². The molecule has 4 nitrogen and oxygen atoms in total. The Bertz CT molecular complexity index is 834. The molecule has 1 aliphatic rings. The molecule has 0 amide bonds. The molecular formula is C23H30N2O2. The van der Waals surface area contributed by atoms with Crippen molar-refractivity contribution in [3.63, 3.8) is 0 Å². The molecule has 1 saturated carbocycles. The second kappa shape index (κ2) is 7.41. The van der Waals surface area contributed by atoms with Crippen LogP contribution in [-0.4, -0.2) is 22.4 Å². The second-order valence-electron chi connectivity index (χ2n) is 8.50. The average Bonchev–Trinajstić information content (AvgIpc) is 3.42. The smallest absolute Gasteiger partial charge is 0.162 e. The number of nitrogens with zero attached hydrogens (tertiary/aromatic N) is 2. The van der Waals surface area contributed by atoms with Crippen LogP contribution in [0.2, 0.25) is 0 Å². The molecule has 2 aromatic rings. The molecule has 3 rings (SSSR count). The molecule has 0 N–H and O–H groups in total. The predicted octanol–water partition coefficient (Wildman–Crippen LogP) is 5.23. The Morgan fingerprint density at radius 3 is 2.26 bits per heavy atom. The molecule has 1 aromatic carbocycles. The van der Waals surface area contributed by atoms with Crippen molar-refractivity contribution in [3.8, 4) is 5.75 Å². The Kier molecular flexibility index (Phi) is 5.36. The van der Waals surface area contributed by atoms with Crippen molar-refractivity contribution in [1.82, 2.24) is 9.97 Å². The molecule has 0 saturated heterocycles. The minimum absolute atomic E-state index is 0.00626. The van der Waals surface area contributed by atoms with Crippen LogP contribution >= 0.6 is 0 Å². The predicted molar refractivity (Wildman–Crippen MR) is 108 cm³/mol. The van der Waals surface area contributed by atoms with Gasteiger partial charge in [0, 0.05) is 12.4 Å². The molecule has 0 atom stereocenters. The molecule has 1 heterocycles. The lowest BCUT2D eigenvalue weighted by Crippen LogP contribution is -2.17. The molecule has 1 aromatic heterocycles. The third kappa shape index (κ3) is 3.90. The standard InChI is InChI=1S/C23H30N2O2/c1-14(2)13-27-21-10-20(16(5)9-19(21)15(3)4)23(7-8-23)22-24-11-18(12-25-22)17(6)26/h9-12,14-15H,7-8,13H2,1-6H3. The zero-order valence-electron chi connectivity index (χ0n) is 17.3. The molecular weight excluding hydrogens is 336 g/mol. The number of aromatic nitrogens is 2. The molecule has 27 heavy (non-hydrogen) atoms. The van der Waals surface area contributed by atoms with Crippen molar-refractivity contribution in [1.29, 1.82) is 0 Å². The number of ether oxygens (including phenoxy) is 1. The van der Waals surface area contributed by atoms with E-state index in [0.29, 0.717) is 24.0 Å². The summed E-state index contributed by atoms with van der Waals surface area (Å²) in [5.41, 5.74) is 4.17. The summed E-state index contributed by atoms with van der Waals surface area (Å²) in [4.78, 5) is 20.6. The van der Waals surface area contributed by atoms with Gasteiger partial charge in [-0.15, -0.1) is 0 Å². The fraction of sp³-hybridized carbons (Fsp3) is 0.522. The number of benzene rings is 1. The highest BCUT2D eigenvalue weighted by Gasteiger charge is 2.49. The first-order valence-electron chi connectivity index (χ1n) is 9.86. The molecule has 0 bridgehead atoms. The molecule has 0 spiro atoms. The van der Waals surface area contributed by atoms with Gasteiger partial charge in [0.1, 0.15) is 11.6 Å². The van der Waals surface area contributed by atoms with Gasteiger partial charge in [-0.25, -0.2) is 9.97 Å². The number of carbonyl (C=O) groups excluding carboxylic acids is 1. The van der Waals surface area contributed by atoms with E-state index in [1.54, 1.807) is 19.3 Å². The van der Waals surface area contributed by atoms with Gasteiger partial charge in [0.15, 0.2) is 5.78 Å². The number of hydrogen-bond acceptors (Lipinski definition) is 4. The maximum absolute atomic E-state index is 11.5. The van der Waals surface area contributed by atoms with E-state index in [4.69, 9.17) is 4.74 Å². The first kappa shape index (κ1) is 19.5. The summed E-state index contributed by atoms with van der Waals surface area (Å²) in [6, 6.07) is 4.47. The summed E-state index contributed by atoms with van der Waals surface area (Å²) in [5.74, 6) is 2.66. The van der Waals surface area contributed by atoms with Crippen LogP contribution in [-0.2, 0) is 5.41 Å². The number of Topliss-reactive ketones (excluding diaryl/α,β-unsaturated/α-hetero) is 1. The fourth-order valence-corrected chi connectivity index (χ4v) is 3.55. The van der Waals surface area contributed by atoms with Gasteiger partial charge in [0.25, 0.3) is 0 Å². The molecule has 1 fully saturated rings. The number of ketones is 1. The van der Waals surface area contributed by atoms with E-state index in [-0.39, 0.29) is 11.2 Å². The lowest BCUT2D eigenvalue weighted by atomic mass is 9.87. The third-order valence-corrected chi connectivity index (χ3v) is 5.30. The summed E-state index contributed by atoms with van der Waals surface area (Å²) in [6.45, 7) is 13.1. The van der Waals surface area contributed by atoms with Gasteiger partial charge in [-0.3, -0.25) is 4.79 Å². The lowest BCUT2D eigenvalue weighted by molar-refractivity contribution is 0.101. The Labute approximate surface area is 162 Å². The van der Waals surface area contributed by atoms with E-state index in [1.165, 1.54) is 16.7 Å². The number of carbonyl (C=O) groups is 1. The van der Waals surface area contributed by atoms with Crippen molar-refractivity contribution in [3.05, 3.63) is 52.6 Å². The maximum atomic E-state index is 11.5. The highest BCUT2D eigenvalue weighted by molar-refractivity contribution is 5.93. The van der Waals surface area contributed by atoms with Gasteiger partial charge in [-0.2, -0.15) is 0 Å². The van der Waals surface area contributed by atoms with E-state index in [2.05, 4.69) is 56.7 Å². The SMILES string of the molecule is CC(=O)c1cnc(C2(c3cc(OCC(C)C)c(C(C)C)cc3C)CC2)nc1. The van der Waals surface area contributed by atoms with Crippen LogP contribution < -0.4 is 4.74 Å². The van der Waals surface area contributed by atoms with Crippen LogP contribution in [0.3, 0.4) is 0 Å². The van der Waals surface area contributed by atoms with E-state index < -0.39 is 0 Å². The quantitative estimate of drug-likeness (QED) is 0.630. The highest BCUT2D eigenvalue weighted by Crippen LogP contribution is 2.54. The van der Waals surface area contributed by atoms with Crippen molar-refractivity contribution in [2.24, 2.45) is 5.92 Å². The van der Waals surface area contributed by atoms with E-state index in [9.17, 15) is 4.79 Å². The number of rotatable bonds is 7. The third-order valence-electron chi connectivity index (χ3n) is 5.30. The summed E-state index contributed by atoms with van der Waals surface area (Å²) in [6.07, 6.45) is 5.35. The first-order valence-corrected chi connectivity index (χ1v) is 9.86. The van der Waals surface area contributed by atoms with Crippen LogP contribution in [0.4, 0.5) is 0 Å². The molecule has 4 heteroatoms. The Morgan fingerprint density at radius 1 is 1.15 bits per heavy atom. The van der Waals surface area contributed by atoms with E-state index in [0.717, 1.165) is 24.4 Å². The molecule has 0 radical (unpaired) electrons. The largest absolute Gasteiger partial charge is 0.493 e. The molecule has 144 valence electrons. The summed E-state index contributed by atoms with van der Waals surface area (Å²) in [7, 11) is 0. The van der Waals surface area contributed by atoms with E-state index >= 15 is 0 Å². The molecule has 0 unspecified atom stereocenters. The first-order chi connectivity index (χ1) is 12.7. The van der Waals surface area contributed by atoms with Gasteiger partial charge in [0.2, 0.25) is 0 Å². The fourth-order valence-electron chi connectivity index (χ4n) is 3.55. The highest BCUT2D eigenvalue weighted by atomic mass is 16.5. The van der Waals surface area contributed by atoms with Crippen LogP contribution in [0.15, 0.2) is 24.5 Å². The Balaban J connectivity index is 2.02. The monoisotopic (exact) mass is 366 g/mol. The number of aryl methyl sites for hydroxylation is 1. The van der Waals surface area contributed by atoms with Crippen LogP contribution in [0.1, 0.15) is 86.3 Å². The maximum Gasteiger partial charge on any atom is 0.162 e. The van der Waals surface area contributed by atoms with Crippen molar-refractivity contribution < 1.29 is 9.53 Å². The van der Waals surface area contributed by atoms with Crippen LogP contribution in [0.5, 0.6) is 5.75 Å². The minimum atomic E-state index is -0.148. The molecule has 0 aliphatic heterocycles. The van der Waals surface area contributed by atoms with Crippen LogP contribution in [0.25, 0.3) is 0 Å². The van der Waals surface area contributed by atoms with Crippen molar-refractivity contribution in [2.45, 2.75) is 65.7 Å². The zero-order chi connectivity index (χ0) is 19.8. The summed E-state index contributed by atoms with van der Waals surface area (Å²) < 4.78 is 6.18. The minimum Gasteiger partial charge on any atom is -0.493 e. The van der Waals surface area contributed by atoms with Gasteiger partial charge < -0.3 is 4.74 Å². The number of hydrogen-bond donors (Lipinski definition) is 0.